The molecule has 1 aliphatic heterocycles. The van der Waals surface area contributed by atoms with Crippen LogP contribution in [0.4, 0.5) is 0 Å². The third-order valence-corrected chi connectivity index (χ3v) is 18.2. The number of Topliss-reactive ketones (excluding diaryl/α,β-unsaturated/α-hetero) is 5. The first-order valence-corrected chi connectivity index (χ1v) is 33.8. The first-order chi connectivity index (χ1) is 43.3. The van der Waals surface area contributed by atoms with Gasteiger partial charge >= 0.3 is 0 Å². The summed E-state index contributed by atoms with van der Waals surface area (Å²) >= 11 is 0. The van der Waals surface area contributed by atoms with Gasteiger partial charge in [-0.25, -0.2) is 0 Å². The number of amides is 6. The van der Waals surface area contributed by atoms with Crippen molar-refractivity contribution in [1.82, 2.24) is 35.6 Å². The highest BCUT2D eigenvalue weighted by Crippen LogP contribution is 2.30. The number of nitrogens with zero attached hydrogens (tertiary/aromatic N) is 4. The zero-order chi connectivity index (χ0) is 71.5. The highest BCUT2D eigenvalue weighted by atomic mass is 16.5. The first-order valence-electron chi connectivity index (χ1n) is 33.8. The molecule has 0 bridgehead atoms. The van der Waals surface area contributed by atoms with Gasteiger partial charge in [-0.3, -0.25) is 52.7 Å². The lowest BCUT2D eigenvalue weighted by Crippen LogP contribution is -2.54. The zero-order valence-electron chi connectivity index (χ0n) is 60.0. The summed E-state index contributed by atoms with van der Waals surface area (Å²) in [4.78, 5) is 166. The van der Waals surface area contributed by atoms with E-state index in [9.17, 15) is 73.2 Å². The quantitative estimate of drug-likeness (QED) is 0.0658. The second kappa shape index (κ2) is 41.4. The van der Waals surface area contributed by atoms with Crippen molar-refractivity contribution in [2.75, 3.05) is 61.2 Å². The maximum Gasteiger partial charge on any atom is 0.245 e. The van der Waals surface area contributed by atoms with Crippen molar-refractivity contribution >= 4 is 64.4 Å². The molecule has 6 amide bonds. The number of likely N-dealkylation sites (N-methyl/N-ethyl adjacent to an activating group) is 4. The highest BCUT2D eigenvalue weighted by molar-refractivity contribution is 5.99. The summed E-state index contributed by atoms with van der Waals surface area (Å²) in [5.74, 6) is -12.6. The molecule has 0 unspecified atom stereocenters. The number of aliphatic hydroxyl groups is 4. The Morgan fingerprint density at radius 3 is 1.58 bits per heavy atom. The van der Waals surface area contributed by atoms with E-state index in [2.05, 4.69) is 16.0 Å². The summed E-state index contributed by atoms with van der Waals surface area (Å²) in [5.41, 5.74) is -1.35. The van der Waals surface area contributed by atoms with Gasteiger partial charge in [0, 0.05) is 91.0 Å². The Morgan fingerprint density at radius 2 is 1.09 bits per heavy atom. The van der Waals surface area contributed by atoms with E-state index in [1.165, 1.54) is 56.7 Å². The number of hydrogen-bond acceptors (Lipinski definition) is 17. The van der Waals surface area contributed by atoms with Crippen molar-refractivity contribution in [3.63, 3.8) is 0 Å². The minimum absolute atomic E-state index is 0.0506. The molecule has 0 aliphatic carbocycles. The molecule has 1 saturated heterocycles. The van der Waals surface area contributed by atoms with Crippen molar-refractivity contribution < 1.29 is 77.9 Å². The monoisotopic (exact) mass is 1320 g/mol. The van der Waals surface area contributed by atoms with E-state index < -0.39 is 205 Å². The summed E-state index contributed by atoms with van der Waals surface area (Å²) < 4.78 is 6.15. The lowest BCUT2D eigenvalue weighted by molar-refractivity contribution is -0.148. The molecule has 0 spiro atoms. The number of nitrogens with one attached hydrogen (secondary N) is 3. The number of ether oxygens (including phenoxy) is 1. The molecular formula is C70H121N7O16. The maximum atomic E-state index is 15.0. The minimum atomic E-state index is -1.42. The Balaban J connectivity index is 4.25. The van der Waals surface area contributed by atoms with E-state index in [1.807, 2.05) is 47.6 Å². The molecule has 0 aromatic heterocycles. The average Bonchev–Trinajstić information content (AvgIpc) is 0.986. The van der Waals surface area contributed by atoms with Crippen LogP contribution in [0.2, 0.25) is 0 Å². The summed E-state index contributed by atoms with van der Waals surface area (Å²) in [7, 11) is 5.79. The predicted octanol–water partition coefficient (Wildman–Crippen LogP) is 5.06. The van der Waals surface area contributed by atoms with Crippen LogP contribution in [0, 0.1) is 59.2 Å². The van der Waals surface area contributed by atoms with Crippen molar-refractivity contribution in [1.29, 1.82) is 0 Å². The first kappa shape index (κ1) is 85.4. The Labute approximate surface area is 555 Å². The molecule has 13 atom stereocenters. The average molecular weight is 1320 g/mol. The number of allylic oxidation sites excluding steroid dienone is 2. The van der Waals surface area contributed by atoms with Crippen LogP contribution in [0.5, 0.6) is 0 Å². The van der Waals surface area contributed by atoms with Gasteiger partial charge in [0.1, 0.15) is 12.1 Å². The van der Waals surface area contributed by atoms with Crippen LogP contribution in [0.3, 0.4) is 0 Å². The Hall–Kier alpha value is -5.59. The van der Waals surface area contributed by atoms with Crippen molar-refractivity contribution in [2.45, 2.75) is 235 Å². The standard InChI is InChI=1S/C70H121N7O16/c1-21-23-26-46(13)64(87)52-37-59(84)62(45(11)12)77(20)68(91)50(31-41(3)4)35-58(83)55(33-43(7)8)74(17)67(90)48(15)72-65(88)47(14)34-57(82)54(32-42(5)6)75(18)69(92)51(44(9)10)36-60(85)63(49(16)93-30-25-24-29-71-70(38-78,39-79)40-80)76(19)61(86)28-27-56(81)53(22-2)73-66(52)89/h21,23-25,41-55,62-64,71,78-80,87H,22,26-40H2,1-20H3,(H,72,88)(H,73,89)/b23-21+,25-24+/t46-,47-,48-,49-,50-,51+,52+,53+,54+,55+,62+,63+,64-/m1/s1. The predicted molar refractivity (Wildman–Crippen MR) is 358 cm³/mol. The van der Waals surface area contributed by atoms with Gasteiger partial charge in [-0.2, -0.15) is 0 Å². The van der Waals surface area contributed by atoms with Gasteiger partial charge in [0.2, 0.25) is 35.4 Å². The second-order valence-electron chi connectivity index (χ2n) is 28.2. The highest BCUT2D eigenvalue weighted by Gasteiger charge is 2.43. The van der Waals surface area contributed by atoms with Crippen LogP contribution in [0.15, 0.2) is 24.3 Å². The van der Waals surface area contributed by atoms with Crippen LogP contribution >= 0.6 is 0 Å². The van der Waals surface area contributed by atoms with Gasteiger partial charge in [0.05, 0.1) is 74.3 Å². The Morgan fingerprint density at radius 1 is 0.570 bits per heavy atom. The molecule has 1 heterocycles. The number of rotatable bonds is 23. The van der Waals surface area contributed by atoms with Crippen LogP contribution in [-0.2, 0) is 57.5 Å². The van der Waals surface area contributed by atoms with Crippen LogP contribution in [-0.4, -0.2) is 220 Å². The normalized spacial score (nSPS) is 26.3. The summed E-state index contributed by atoms with van der Waals surface area (Å²) in [5, 5.41) is 49.6. The number of carbonyl (C=O) groups is 11. The van der Waals surface area contributed by atoms with Crippen LogP contribution in [0.25, 0.3) is 0 Å². The SMILES string of the molecule is C/C=C/C[C@@H](C)[C@@H](O)[C@@H]1CC(=O)[C@H](C(C)C)N(C)C(=O)[C@H](CC(C)C)CC(=O)[C@H](CC(C)C)N(C)C(=O)[C@@H](C)NC(=O)[C@H](C)CC(=O)[C@H](CC(C)C)N(C)C(=O)[C@H](C(C)C)CC(=O)[C@H]([C@@H](C)OC/C=C/CNC(CO)(CO)CO)N(C)C(=O)CCC(=O)[C@H](CC)NC1=O. The molecule has 0 saturated carbocycles. The van der Waals surface area contributed by atoms with E-state index >= 15 is 0 Å². The summed E-state index contributed by atoms with van der Waals surface area (Å²) in [6.45, 7) is 26.4. The van der Waals surface area contributed by atoms with Crippen LogP contribution < -0.4 is 16.0 Å². The maximum absolute atomic E-state index is 15.0. The van der Waals surface area contributed by atoms with Gasteiger partial charge < -0.3 is 60.7 Å². The number of carbonyl (C=O) groups excluding carboxylic acids is 11. The molecule has 93 heavy (non-hydrogen) atoms. The smallest absolute Gasteiger partial charge is 0.245 e. The molecule has 0 aromatic rings. The van der Waals surface area contributed by atoms with E-state index in [0.717, 1.165) is 4.90 Å². The van der Waals surface area contributed by atoms with Crippen molar-refractivity contribution in [3.05, 3.63) is 24.3 Å². The molecule has 23 heteroatoms. The van der Waals surface area contributed by atoms with E-state index in [0.29, 0.717) is 6.42 Å². The fourth-order valence-electron chi connectivity index (χ4n) is 12.2. The van der Waals surface area contributed by atoms with Gasteiger partial charge in [-0.15, -0.1) is 0 Å². The molecule has 1 aliphatic rings. The third kappa shape index (κ3) is 26.5. The fourth-order valence-corrected chi connectivity index (χ4v) is 12.2. The van der Waals surface area contributed by atoms with Crippen molar-refractivity contribution in [2.24, 2.45) is 59.2 Å². The van der Waals surface area contributed by atoms with Crippen molar-refractivity contribution in [3.8, 4) is 0 Å². The lowest BCUT2D eigenvalue weighted by Gasteiger charge is -2.36. The second-order valence-corrected chi connectivity index (χ2v) is 28.2. The number of ketones is 5. The Kier molecular flexibility index (Phi) is 38.0. The number of hydrogen-bond donors (Lipinski definition) is 7. The molecule has 1 fully saturated rings. The molecule has 23 nitrogen and oxygen atoms in total. The number of aliphatic hydroxyl groups excluding tert-OH is 4. The van der Waals surface area contributed by atoms with Crippen LogP contribution in [0.1, 0.15) is 181 Å². The molecule has 7 N–H and O–H groups in total. The molecule has 0 radical (unpaired) electrons. The van der Waals surface area contributed by atoms with E-state index in [1.54, 1.807) is 73.6 Å². The molecular weight excluding hydrogens is 1190 g/mol. The van der Waals surface area contributed by atoms with E-state index in [-0.39, 0.29) is 69.4 Å². The zero-order valence-corrected chi connectivity index (χ0v) is 60.0. The molecule has 532 valence electrons. The summed E-state index contributed by atoms with van der Waals surface area (Å²) in [6, 6.07) is -6.93. The van der Waals surface area contributed by atoms with Gasteiger partial charge in [0.25, 0.3) is 0 Å². The fraction of sp³-hybridized carbons (Fsp3) is 0.786. The topological polar surface area (TPSA) is 327 Å². The van der Waals surface area contributed by atoms with Gasteiger partial charge in [-0.05, 0) is 88.4 Å². The lowest BCUT2D eigenvalue weighted by atomic mass is 9.82. The van der Waals surface area contributed by atoms with Gasteiger partial charge in [0.15, 0.2) is 28.9 Å². The van der Waals surface area contributed by atoms with E-state index in [4.69, 9.17) is 4.74 Å². The van der Waals surface area contributed by atoms with Gasteiger partial charge in [-0.1, -0.05) is 114 Å². The Bertz CT molecular complexity index is 2500. The minimum Gasteiger partial charge on any atom is -0.394 e. The third-order valence-electron chi connectivity index (χ3n) is 18.2. The summed E-state index contributed by atoms with van der Waals surface area (Å²) in [6.07, 6.45) is 2.96. The molecule has 0 aromatic carbocycles. The molecule has 1 rings (SSSR count). The largest absolute Gasteiger partial charge is 0.394 e.